The van der Waals surface area contributed by atoms with E-state index in [1.165, 1.54) is 0 Å². The lowest BCUT2D eigenvalue weighted by molar-refractivity contribution is -0.117. The molecule has 1 amide bonds. The second-order valence-corrected chi connectivity index (χ2v) is 5.01. The number of ether oxygens (including phenoxy) is 2. The summed E-state index contributed by atoms with van der Waals surface area (Å²) in [6, 6.07) is 13.4. The number of methoxy groups -OCH3 is 2. The minimum atomic E-state index is -0.192. The molecule has 4 nitrogen and oxygen atoms in total. The Morgan fingerprint density at radius 2 is 1.90 bits per heavy atom. The lowest BCUT2D eigenvalue weighted by Gasteiger charge is -2.13. The van der Waals surface area contributed by atoms with Crippen molar-refractivity contribution in [1.82, 2.24) is 0 Å². The van der Waals surface area contributed by atoms with Crippen molar-refractivity contribution in [1.29, 1.82) is 0 Å². The molecule has 0 saturated heterocycles. The molecule has 1 atom stereocenters. The Morgan fingerprint density at radius 1 is 1.10 bits per heavy atom. The molecule has 108 valence electrons. The number of hydrogen-bond donors (Lipinski definition) is 1. The number of hydrogen-bond acceptors (Lipinski definition) is 3. The van der Waals surface area contributed by atoms with Gasteiger partial charge in [-0.2, -0.15) is 0 Å². The van der Waals surface area contributed by atoms with Crippen LogP contribution in [0.3, 0.4) is 0 Å². The van der Waals surface area contributed by atoms with Crippen molar-refractivity contribution >= 4 is 11.6 Å². The van der Waals surface area contributed by atoms with E-state index >= 15 is 0 Å². The summed E-state index contributed by atoms with van der Waals surface area (Å²) in [5.41, 5.74) is 2.90. The highest BCUT2D eigenvalue weighted by molar-refractivity contribution is 6.03. The third-order valence-corrected chi connectivity index (χ3v) is 3.82. The van der Waals surface area contributed by atoms with Gasteiger partial charge in [-0.3, -0.25) is 4.79 Å². The van der Waals surface area contributed by atoms with E-state index in [2.05, 4.69) is 5.32 Å². The normalized spacial score (nSPS) is 16.3. The van der Waals surface area contributed by atoms with Gasteiger partial charge in [-0.05, 0) is 41.8 Å². The van der Waals surface area contributed by atoms with Crippen molar-refractivity contribution in [3.8, 4) is 11.5 Å². The molecule has 0 aliphatic carbocycles. The van der Waals surface area contributed by atoms with E-state index in [4.69, 9.17) is 9.47 Å². The highest BCUT2D eigenvalue weighted by Crippen LogP contribution is 2.37. The molecule has 0 fully saturated rings. The Labute approximate surface area is 123 Å². The van der Waals surface area contributed by atoms with E-state index in [1.807, 2.05) is 42.5 Å². The average molecular weight is 283 g/mol. The van der Waals surface area contributed by atoms with Crippen molar-refractivity contribution in [3.63, 3.8) is 0 Å². The first kappa shape index (κ1) is 13.5. The molecule has 0 bridgehead atoms. The van der Waals surface area contributed by atoms with Gasteiger partial charge >= 0.3 is 0 Å². The number of benzene rings is 2. The Hall–Kier alpha value is -2.49. The van der Waals surface area contributed by atoms with Crippen molar-refractivity contribution in [2.75, 3.05) is 19.5 Å². The summed E-state index contributed by atoms with van der Waals surface area (Å²) >= 11 is 0. The third kappa shape index (κ3) is 2.44. The number of nitrogens with one attached hydrogen (secondary N) is 1. The lowest BCUT2D eigenvalue weighted by Crippen LogP contribution is -2.14. The third-order valence-electron chi connectivity index (χ3n) is 3.82. The van der Waals surface area contributed by atoms with Crippen LogP contribution in [0.4, 0.5) is 5.69 Å². The maximum atomic E-state index is 12.2. The van der Waals surface area contributed by atoms with Gasteiger partial charge in [0, 0.05) is 5.69 Å². The summed E-state index contributed by atoms with van der Waals surface area (Å²) in [4.78, 5) is 12.2. The van der Waals surface area contributed by atoms with Crippen LogP contribution >= 0.6 is 0 Å². The maximum Gasteiger partial charge on any atom is 0.232 e. The number of amides is 1. The average Bonchev–Trinajstić information content (AvgIpc) is 2.83. The zero-order chi connectivity index (χ0) is 14.8. The molecule has 0 unspecified atom stereocenters. The first-order chi connectivity index (χ1) is 10.2. The molecule has 2 aromatic rings. The molecule has 1 aliphatic heterocycles. The molecule has 1 heterocycles. The quantitative estimate of drug-likeness (QED) is 0.938. The Morgan fingerprint density at radius 3 is 2.67 bits per heavy atom. The molecular formula is C17H17NO3. The summed E-state index contributed by atoms with van der Waals surface area (Å²) in [6.07, 6.45) is 0.587. The van der Waals surface area contributed by atoms with Crippen LogP contribution in [0, 0.1) is 0 Å². The molecule has 21 heavy (non-hydrogen) atoms. The van der Waals surface area contributed by atoms with Crippen LogP contribution in [-0.2, 0) is 11.2 Å². The van der Waals surface area contributed by atoms with Crippen molar-refractivity contribution in [2.24, 2.45) is 0 Å². The van der Waals surface area contributed by atoms with Crippen LogP contribution < -0.4 is 14.8 Å². The molecule has 2 aromatic carbocycles. The van der Waals surface area contributed by atoms with Gasteiger partial charge < -0.3 is 14.8 Å². The van der Waals surface area contributed by atoms with Gasteiger partial charge in [0.1, 0.15) is 11.5 Å². The minimum absolute atomic E-state index is 0.0288. The SMILES string of the molecule is COc1ccc(OC)c(C[C@H]2C(=O)Nc3ccccc32)c1. The van der Waals surface area contributed by atoms with Crippen LogP contribution in [0.1, 0.15) is 17.0 Å². The summed E-state index contributed by atoms with van der Waals surface area (Å²) in [6.45, 7) is 0. The predicted octanol–water partition coefficient (Wildman–Crippen LogP) is 2.98. The predicted molar refractivity (Wildman–Crippen MR) is 81.1 cm³/mol. The zero-order valence-electron chi connectivity index (χ0n) is 12.1. The van der Waals surface area contributed by atoms with Gasteiger partial charge in [0.2, 0.25) is 5.91 Å². The first-order valence-corrected chi connectivity index (χ1v) is 6.83. The second kappa shape index (κ2) is 5.48. The Kier molecular flexibility index (Phi) is 3.52. The first-order valence-electron chi connectivity index (χ1n) is 6.83. The standard InChI is InChI=1S/C17H17NO3/c1-20-12-7-8-16(21-2)11(9-12)10-14-13-5-3-4-6-15(13)18-17(14)19/h3-9,14H,10H2,1-2H3,(H,18,19)/t14-/m1/s1. The van der Waals surface area contributed by atoms with Crippen LogP contribution in [0.2, 0.25) is 0 Å². The minimum Gasteiger partial charge on any atom is -0.497 e. The summed E-state index contributed by atoms with van der Waals surface area (Å²) in [5.74, 6) is 1.37. The summed E-state index contributed by atoms with van der Waals surface area (Å²) in [5, 5.41) is 2.92. The van der Waals surface area contributed by atoms with Crippen LogP contribution in [0.25, 0.3) is 0 Å². The summed E-state index contributed by atoms with van der Waals surface area (Å²) in [7, 11) is 3.26. The molecule has 0 aromatic heterocycles. The Balaban J connectivity index is 1.95. The van der Waals surface area contributed by atoms with Gasteiger partial charge in [0.05, 0.1) is 20.1 Å². The van der Waals surface area contributed by atoms with E-state index < -0.39 is 0 Å². The van der Waals surface area contributed by atoms with E-state index in [9.17, 15) is 4.79 Å². The second-order valence-electron chi connectivity index (χ2n) is 5.01. The molecule has 0 saturated carbocycles. The van der Waals surface area contributed by atoms with E-state index in [-0.39, 0.29) is 11.8 Å². The lowest BCUT2D eigenvalue weighted by atomic mass is 9.92. The van der Waals surface area contributed by atoms with Gasteiger partial charge in [-0.1, -0.05) is 18.2 Å². The topological polar surface area (TPSA) is 47.6 Å². The number of carbonyl (C=O) groups is 1. The van der Waals surface area contributed by atoms with E-state index in [0.717, 1.165) is 28.3 Å². The van der Waals surface area contributed by atoms with Gasteiger partial charge in [0.25, 0.3) is 0 Å². The zero-order valence-corrected chi connectivity index (χ0v) is 12.1. The highest BCUT2D eigenvalue weighted by Gasteiger charge is 2.30. The van der Waals surface area contributed by atoms with Crippen molar-refractivity contribution < 1.29 is 14.3 Å². The van der Waals surface area contributed by atoms with Crippen LogP contribution in [0.5, 0.6) is 11.5 Å². The number of rotatable bonds is 4. The van der Waals surface area contributed by atoms with Crippen LogP contribution in [0.15, 0.2) is 42.5 Å². The monoisotopic (exact) mass is 283 g/mol. The van der Waals surface area contributed by atoms with Gasteiger partial charge in [-0.15, -0.1) is 0 Å². The number of anilines is 1. The number of carbonyl (C=O) groups excluding carboxylic acids is 1. The fourth-order valence-electron chi connectivity index (χ4n) is 2.74. The molecular weight excluding hydrogens is 266 g/mol. The Bertz CT molecular complexity index is 681. The molecule has 4 heteroatoms. The van der Waals surface area contributed by atoms with Crippen LogP contribution in [-0.4, -0.2) is 20.1 Å². The molecule has 0 radical (unpaired) electrons. The van der Waals surface area contributed by atoms with Gasteiger partial charge in [0.15, 0.2) is 0 Å². The maximum absolute atomic E-state index is 12.2. The van der Waals surface area contributed by atoms with Gasteiger partial charge in [-0.25, -0.2) is 0 Å². The molecule has 3 rings (SSSR count). The smallest absolute Gasteiger partial charge is 0.232 e. The fraction of sp³-hybridized carbons (Fsp3) is 0.235. The largest absolute Gasteiger partial charge is 0.497 e. The highest BCUT2D eigenvalue weighted by atomic mass is 16.5. The molecule has 1 N–H and O–H groups in total. The van der Waals surface area contributed by atoms with E-state index in [0.29, 0.717) is 6.42 Å². The van der Waals surface area contributed by atoms with Crippen molar-refractivity contribution in [3.05, 3.63) is 53.6 Å². The molecule has 1 aliphatic rings. The number of para-hydroxylation sites is 1. The fourth-order valence-corrected chi connectivity index (χ4v) is 2.74. The van der Waals surface area contributed by atoms with Crippen molar-refractivity contribution in [2.45, 2.75) is 12.3 Å². The summed E-state index contributed by atoms with van der Waals surface area (Å²) < 4.78 is 10.7. The number of fused-ring (bicyclic) bond motifs is 1. The van der Waals surface area contributed by atoms with E-state index in [1.54, 1.807) is 14.2 Å². The molecule has 0 spiro atoms.